The lowest BCUT2D eigenvalue weighted by atomic mass is 10.2. The molecule has 1 aromatic rings. The van der Waals surface area contributed by atoms with Gasteiger partial charge in [-0.25, -0.2) is 9.97 Å². The Kier molecular flexibility index (Phi) is 2.64. The molecule has 1 aromatic heterocycles. The fourth-order valence-electron chi connectivity index (χ4n) is 1.82. The average molecular weight is 219 g/mol. The van der Waals surface area contributed by atoms with Crippen molar-refractivity contribution in [1.82, 2.24) is 9.97 Å². The van der Waals surface area contributed by atoms with Gasteiger partial charge in [-0.2, -0.15) is 0 Å². The van der Waals surface area contributed by atoms with Gasteiger partial charge in [-0.1, -0.05) is 27.7 Å². The van der Waals surface area contributed by atoms with Gasteiger partial charge in [-0.15, -0.1) is 0 Å². The second kappa shape index (κ2) is 3.72. The molecule has 1 saturated carbocycles. The molecule has 0 radical (unpaired) electrons. The SMILES string of the molecule is Cc1cc(NC2CC2(C)C)nc(C(C)C)n1. The van der Waals surface area contributed by atoms with E-state index in [0.717, 1.165) is 17.3 Å². The molecule has 3 nitrogen and oxygen atoms in total. The molecule has 0 saturated heterocycles. The summed E-state index contributed by atoms with van der Waals surface area (Å²) in [5.74, 6) is 2.29. The van der Waals surface area contributed by atoms with Crippen molar-refractivity contribution in [3.05, 3.63) is 17.6 Å². The van der Waals surface area contributed by atoms with E-state index in [2.05, 4.69) is 43.0 Å². The van der Waals surface area contributed by atoms with Crippen molar-refractivity contribution in [3.8, 4) is 0 Å². The summed E-state index contributed by atoms with van der Waals surface area (Å²) in [4.78, 5) is 9.00. The molecule has 0 amide bonds. The highest BCUT2D eigenvalue weighted by Gasteiger charge is 2.45. The van der Waals surface area contributed by atoms with Gasteiger partial charge in [0, 0.05) is 23.7 Å². The van der Waals surface area contributed by atoms with Crippen molar-refractivity contribution < 1.29 is 0 Å². The van der Waals surface area contributed by atoms with E-state index in [1.165, 1.54) is 6.42 Å². The van der Waals surface area contributed by atoms with Crippen molar-refractivity contribution in [2.45, 2.75) is 53.0 Å². The summed E-state index contributed by atoms with van der Waals surface area (Å²) in [5.41, 5.74) is 1.47. The van der Waals surface area contributed by atoms with Gasteiger partial charge in [0.2, 0.25) is 0 Å². The van der Waals surface area contributed by atoms with Crippen LogP contribution in [0.3, 0.4) is 0 Å². The standard InChI is InChI=1S/C13H21N3/c1-8(2)12-14-9(3)6-11(16-12)15-10-7-13(10,4)5/h6,8,10H,7H2,1-5H3,(H,14,15,16). The molecule has 88 valence electrons. The van der Waals surface area contributed by atoms with Crippen molar-refractivity contribution in [2.24, 2.45) is 5.41 Å². The normalized spacial score (nSPS) is 22.2. The largest absolute Gasteiger partial charge is 0.367 e. The second-order valence-corrected chi connectivity index (χ2v) is 5.80. The summed E-state index contributed by atoms with van der Waals surface area (Å²) in [7, 11) is 0. The van der Waals surface area contributed by atoms with Gasteiger partial charge in [-0.05, 0) is 18.8 Å². The van der Waals surface area contributed by atoms with E-state index in [1.807, 2.05) is 13.0 Å². The first-order chi connectivity index (χ1) is 7.38. The van der Waals surface area contributed by atoms with Crippen LogP contribution in [0.4, 0.5) is 5.82 Å². The summed E-state index contributed by atoms with van der Waals surface area (Å²) in [5, 5.41) is 3.49. The molecule has 1 heterocycles. The highest BCUT2D eigenvalue weighted by atomic mass is 15.1. The predicted molar refractivity (Wildman–Crippen MR) is 66.7 cm³/mol. The van der Waals surface area contributed by atoms with Crippen LogP contribution in [-0.4, -0.2) is 16.0 Å². The molecule has 0 aromatic carbocycles. The smallest absolute Gasteiger partial charge is 0.133 e. The van der Waals surface area contributed by atoms with E-state index in [-0.39, 0.29) is 0 Å². The van der Waals surface area contributed by atoms with Crippen LogP contribution < -0.4 is 5.32 Å². The first-order valence-corrected chi connectivity index (χ1v) is 6.00. The van der Waals surface area contributed by atoms with Gasteiger partial charge in [0.25, 0.3) is 0 Å². The Morgan fingerprint density at radius 3 is 2.50 bits per heavy atom. The number of hydrogen-bond acceptors (Lipinski definition) is 3. The van der Waals surface area contributed by atoms with Crippen LogP contribution in [0.5, 0.6) is 0 Å². The number of rotatable bonds is 3. The van der Waals surface area contributed by atoms with Crippen LogP contribution in [-0.2, 0) is 0 Å². The minimum atomic E-state index is 0.382. The lowest BCUT2D eigenvalue weighted by molar-refractivity contribution is 0.629. The lowest BCUT2D eigenvalue weighted by Gasteiger charge is -2.11. The Morgan fingerprint density at radius 1 is 1.38 bits per heavy atom. The summed E-state index contributed by atoms with van der Waals surface area (Å²) < 4.78 is 0. The monoisotopic (exact) mass is 219 g/mol. The molecule has 0 aliphatic heterocycles. The highest BCUT2D eigenvalue weighted by Crippen LogP contribution is 2.46. The average Bonchev–Trinajstić information content (AvgIpc) is 2.72. The van der Waals surface area contributed by atoms with Crippen LogP contribution in [0.15, 0.2) is 6.07 Å². The molecule has 3 heteroatoms. The van der Waals surface area contributed by atoms with E-state index < -0.39 is 0 Å². The maximum Gasteiger partial charge on any atom is 0.133 e. The first-order valence-electron chi connectivity index (χ1n) is 6.00. The third-order valence-electron chi connectivity index (χ3n) is 3.22. The van der Waals surface area contributed by atoms with E-state index in [1.54, 1.807) is 0 Å². The molecule has 1 aliphatic carbocycles. The van der Waals surface area contributed by atoms with Crippen LogP contribution >= 0.6 is 0 Å². The molecular weight excluding hydrogens is 198 g/mol. The number of nitrogens with zero attached hydrogens (tertiary/aromatic N) is 2. The maximum atomic E-state index is 4.56. The van der Waals surface area contributed by atoms with E-state index in [4.69, 9.17) is 0 Å². The van der Waals surface area contributed by atoms with E-state index in [0.29, 0.717) is 17.4 Å². The molecular formula is C13H21N3. The van der Waals surface area contributed by atoms with Gasteiger partial charge in [0.1, 0.15) is 11.6 Å². The number of anilines is 1. The Labute approximate surface area is 97.7 Å². The third-order valence-corrected chi connectivity index (χ3v) is 3.22. The van der Waals surface area contributed by atoms with Gasteiger partial charge in [-0.3, -0.25) is 0 Å². The molecule has 1 N–H and O–H groups in total. The van der Waals surface area contributed by atoms with Crippen molar-refractivity contribution in [3.63, 3.8) is 0 Å². The number of hydrogen-bond donors (Lipinski definition) is 1. The van der Waals surface area contributed by atoms with Crippen molar-refractivity contribution >= 4 is 5.82 Å². The van der Waals surface area contributed by atoms with Crippen molar-refractivity contribution in [1.29, 1.82) is 0 Å². The predicted octanol–water partition coefficient (Wildman–Crippen LogP) is 3.12. The summed E-state index contributed by atoms with van der Waals surface area (Å²) >= 11 is 0. The van der Waals surface area contributed by atoms with Crippen LogP contribution in [0.2, 0.25) is 0 Å². The third kappa shape index (κ3) is 2.34. The Balaban J connectivity index is 2.15. The fraction of sp³-hybridized carbons (Fsp3) is 0.692. The van der Waals surface area contributed by atoms with Crippen LogP contribution in [0.1, 0.15) is 51.6 Å². The topological polar surface area (TPSA) is 37.8 Å². The summed E-state index contributed by atoms with van der Waals surface area (Å²) in [6, 6.07) is 2.60. The highest BCUT2D eigenvalue weighted by molar-refractivity contribution is 5.40. The second-order valence-electron chi connectivity index (χ2n) is 5.80. The minimum absolute atomic E-state index is 0.382. The molecule has 2 rings (SSSR count). The molecule has 1 atom stereocenters. The van der Waals surface area contributed by atoms with Gasteiger partial charge >= 0.3 is 0 Å². The fourth-order valence-corrected chi connectivity index (χ4v) is 1.82. The zero-order valence-electron chi connectivity index (χ0n) is 10.8. The number of aryl methyl sites for hydroxylation is 1. The number of nitrogens with one attached hydrogen (secondary N) is 1. The zero-order chi connectivity index (χ0) is 11.9. The molecule has 16 heavy (non-hydrogen) atoms. The molecule has 0 spiro atoms. The van der Waals surface area contributed by atoms with Gasteiger partial charge in [0.05, 0.1) is 0 Å². The molecule has 1 aliphatic rings. The summed E-state index contributed by atoms with van der Waals surface area (Å²) in [6.07, 6.45) is 1.23. The van der Waals surface area contributed by atoms with Gasteiger partial charge < -0.3 is 5.32 Å². The van der Waals surface area contributed by atoms with Crippen LogP contribution in [0.25, 0.3) is 0 Å². The van der Waals surface area contributed by atoms with E-state index >= 15 is 0 Å². The quantitative estimate of drug-likeness (QED) is 0.848. The van der Waals surface area contributed by atoms with Crippen LogP contribution in [0, 0.1) is 12.3 Å². The van der Waals surface area contributed by atoms with Gasteiger partial charge in [0.15, 0.2) is 0 Å². The molecule has 0 bridgehead atoms. The molecule has 1 fully saturated rings. The zero-order valence-corrected chi connectivity index (χ0v) is 10.8. The van der Waals surface area contributed by atoms with Crippen molar-refractivity contribution in [2.75, 3.05) is 5.32 Å². The minimum Gasteiger partial charge on any atom is -0.367 e. The summed E-state index contributed by atoms with van der Waals surface area (Å²) in [6.45, 7) is 10.8. The molecule has 1 unspecified atom stereocenters. The maximum absolute atomic E-state index is 4.56. The first kappa shape index (κ1) is 11.4. The lowest BCUT2D eigenvalue weighted by Crippen LogP contribution is -2.12. The number of aromatic nitrogens is 2. The van der Waals surface area contributed by atoms with E-state index in [9.17, 15) is 0 Å². The Bertz CT molecular complexity index is 396. The Hall–Kier alpha value is -1.12. The Morgan fingerprint density at radius 2 is 2.00 bits per heavy atom.